The predicted octanol–water partition coefficient (Wildman–Crippen LogP) is 2.40. The van der Waals surface area contributed by atoms with E-state index in [9.17, 15) is 14.0 Å². The molecule has 0 radical (unpaired) electrons. The molecule has 2 rings (SSSR count). The van der Waals surface area contributed by atoms with Crippen molar-refractivity contribution in [3.63, 3.8) is 0 Å². The minimum atomic E-state index is -1.21. The highest BCUT2D eigenvalue weighted by molar-refractivity contribution is 5.96. The van der Waals surface area contributed by atoms with E-state index in [2.05, 4.69) is 13.8 Å². The first-order valence-electron chi connectivity index (χ1n) is 6.12. The van der Waals surface area contributed by atoms with Crippen LogP contribution in [0, 0.1) is 11.2 Å². The second-order valence-corrected chi connectivity index (χ2v) is 5.64. The second kappa shape index (κ2) is 4.64. The topological polar surface area (TPSA) is 57.6 Å². The van der Waals surface area contributed by atoms with E-state index in [0.29, 0.717) is 13.1 Å². The Kier molecular flexibility index (Phi) is 3.30. The lowest BCUT2D eigenvalue weighted by molar-refractivity contribution is 0.0693. The van der Waals surface area contributed by atoms with Crippen molar-refractivity contribution in [3.05, 3.63) is 35.1 Å². The molecular formula is C14H16FNO3. The molecule has 0 saturated carbocycles. The molecule has 5 heteroatoms. The second-order valence-electron chi connectivity index (χ2n) is 5.64. The third-order valence-electron chi connectivity index (χ3n) is 3.41. The minimum absolute atomic E-state index is 0.0488. The molecule has 1 aromatic carbocycles. The molecule has 1 fully saturated rings. The van der Waals surface area contributed by atoms with E-state index < -0.39 is 11.8 Å². The molecule has 0 spiro atoms. The Morgan fingerprint density at radius 3 is 2.53 bits per heavy atom. The number of amides is 1. The van der Waals surface area contributed by atoms with Crippen molar-refractivity contribution < 1.29 is 19.1 Å². The van der Waals surface area contributed by atoms with Crippen molar-refractivity contribution in [3.8, 4) is 0 Å². The van der Waals surface area contributed by atoms with E-state index in [-0.39, 0.29) is 22.4 Å². The summed E-state index contributed by atoms with van der Waals surface area (Å²) in [5, 5.41) is 8.76. The van der Waals surface area contributed by atoms with Gasteiger partial charge in [-0.25, -0.2) is 9.18 Å². The van der Waals surface area contributed by atoms with Crippen LogP contribution >= 0.6 is 0 Å². The largest absolute Gasteiger partial charge is 0.478 e. The summed E-state index contributed by atoms with van der Waals surface area (Å²) in [6.07, 6.45) is 0.883. The maximum absolute atomic E-state index is 13.8. The zero-order valence-corrected chi connectivity index (χ0v) is 10.9. The molecule has 1 amide bonds. The van der Waals surface area contributed by atoms with Crippen molar-refractivity contribution in [2.45, 2.75) is 20.3 Å². The first kappa shape index (κ1) is 13.5. The number of rotatable bonds is 2. The number of likely N-dealkylation sites (tertiary alicyclic amines) is 1. The highest BCUT2D eigenvalue weighted by atomic mass is 19.1. The van der Waals surface area contributed by atoms with Gasteiger partial charge in [-0.1, -0.05) is 13.8 Å². The number of aromatic carboxylic acids is 1. The van der Waals surface area contributed by atoms with Gasteiger partial charge in [-0.3, -0.25) is 4.79 Å². The normalized spacial score (nSPS) is 17.5. The molecule has 102 valence electrons. The summed E-state index contributed by atoms with van der Waals surface area (Å²) in [5.74, 6) is -2.37. The van der Waals surface area contributed by atoms with Crippen molar-refractivity contribution in [1.29, 1.82) is 0 Å². The van der Waals surface area contributed by atoms with Gasteiger partial charge in [0.1, 0.15) is 5.82 Å². The number of hydrogen-bond donors (Lipinski definition) is 1. The van der Waals surface area contributed by atoms with Gasteiger partial charge in [0, 0.05) is 13.1 Å². The van der Waals surface area contributed by atoms with Crippen LogP contribution in [0.4, 0.5) is 4.39 Å². The Balaban J connectivity index is 2.23. The fourth-order valence-electron chi connectivity index (χ4n) is 2.28. The van der Waals surface area contributed by atoms with Crippen LogP contribution in [0.1, 0.15) is 41.0 Å². The highest BCUT2D eigenvalue weighted by Crippen LogP contribution is 2.30. The van der Waals surface area contributed by atoms with Gasteiger partial charge >= 0.3 is 5.97 Å². The van der Waals surface area contributed by atoms with Crippen LogP contribution < -0.4 is 0 Å². The first-order chi connectivity index (χ1) is 8.80. The minimum Gasteiger partial charge on any atom is -0.478 e. The van der Waals surface area contributed by atoms with Gasteiger partial charge in [0.15, 0.2) is 0 Å². The van der Waals surface area contributed by atoms with E-state index in [1.54, 1.807) is 4.90 Å². The van der Waals surface area contributed by atoms with E-state index in [0.717, 1.165) is 12.5 Å². The summed E-state index contributed by atoms with van der Waals surface area (Å²) in [5.41, 5.74) is -0.175. The Bertz CT molecular complexity index is 539. The number of carbonyl (C=O) groups is 2. The van der Waals surface area contributed by atoms with Crippen LogP contribution in [-0.4, -0.2) is 35.0 Å². The Morgan fingerprint density at radius 2 is 2.05 bits per heavy atom. The molecule has 1 aromatic rings. The Labute approximate surface area is 110 Å². The average Bonchev–Trinajstić information content (AvgIpc) is 2.68. The molecule has 1 saturated heterocycles. The van der Waals surface area contributed by atoms with Crippen molar-refractivity contribution in [1.82, 2.24) is 4.90 Å². The van der Waals surface area contributed by atoms with Crippen LogP contribution in [-0.2, 0) is 0 Å². The van der Waals surface area contributed by atoms with E-state index in [4.69, 9.17) is 5.11 Å². The van der Waals surface area contributed by atoms with Crippen LogP contribution in [0.3, 0.4) is 0 Å². The molecule has 1 aliphatic heterocycles. The number of carboxylic acids is 1. The standard InChI is InChI=1S/C14H16FNO3/c1-14(2)5-6-16(8-14)12(17)10-4-3-9(13(18)19)7-11(10)15/h3-4,7H,5-6,8H2,1-2H3,(H,18,19). The highest BCUT2D eigenvalue weighted by Gasteiger charge is 2.33. The molecule has 0 aliphatic carbocycles. The van der Waals surface area contributed by atoms with Gasteiger partial charge in [0.2, 0.25) is 0 Å². The van der Waals surface area contributed by atoms with Gasteiger partial charge in [-0.2, -0.15) is 0 Å². The van der Waals surface area contributed by atoms with E-state index >= 15 is 0 Å². The molecule has 1 aliphatic rings. The number of hydrogen-bond acceptors (Lipinski definition) is 2. The number of nitrogens with zero attached hydrogens (tertiary/aromatic N) is 1. The van der Waals surface area contributed by atoms with Crippen LogP contribution in [0.25, 0.3) is 0 Å². The molecule has 19 heavy (non-hydrogen) atoms. The first-order valence-corrected chi connectivity index (χ1v) is 6.12. The molecule has 0 bridgehead atoms. The molecule has 1 N–H and O–H groups in total. The average molecular weight is 265 g/mol. The fourth-order valence-corrected chi connectivity index (χ4v) is 2.28. The molecule has 0 unspecified atom stereocenters. The molecule has 1 heterocycles. The van der Waals surface area contributed by atoms with E-state index in [1.165, 1.54) is 12.1 Å². The zero-order chi connectivity index (χ0) is 14.2. The van der Waals surface area contributed by atoms with Crippen molar-refractivity contribution in [2.75, 3.05) is 13.1 Å². The maximum Gasteiger partial charge on any atom is 0.335 e. The van der Waals surface area contributed by atoms with Gasteiger partial charge < -0.3 is 10.0 Å². The summed E-state index contributed by atoms with van der Waals surface area (Å²) in [4.78, 5) is 24.5. The third kappa shape index (κ3) is 2.75. The number of benzene rings is 1. The van der Waals surface area contributed by atoms with Gasteiger partial charge in [-0.15, -0.1) is 0 Å². The Morgan fingerprint density at radius 1 is 1.37 bits per heavy atom. The quantitative estimate of drug-likeness (QED) is 0.893. The molecule has 0 atom stereocenters. The van der Waals surface area contributed by atoms with E-state index in [1.807, 2.05) is 0 Å². The molecule has 4 nitrogen and oxygen atoms in total. The molecular weight excluding hydrogens is 249 g/mol. The van der Waals surface area contributed by atoms with Crippen molar-refractivity contribution >= 4 is 11.9 Å². The summed E-state index contributed by atoms with van der Waals surface area (Å²) in [6, 6.07) is 3.38. The summed E-state index contributed by atoms with van der Waals surface area (Å²) in [7, 11) is 0. The number of carboxylic acid groups (broad SMARTS) is 1. The number of halogens is 1. The number of carbonyl (C=O) groups excluding carboxylic acids is 1. The smallest absolute Gasteiger partial charge is 0.335 e. The van der Waals surface area contributed by atoms with Crippen molar-refractivity contribution in [2.24, 2.45) is 5.41 Å². The van der Waals surface area contributed by atoms with Gasteiger partial charge in [0.25, 0.3) is 5.91 Å². The van der Waals surface area contributed by atoms with Gasteiger partial charge in [0.05, 0.1) is 11.1 Å². The SMILES string of the molecule is CC1(C)CCN(C(=O)c2ccc(C(=O)O)cc2F)C1. The monoisotopic (exact) mass is 265 g/mol. The van der Waals surface area contributed by atoms with Crippen LogP contribution in [0.5, 0.6) is 0 Å². The predicted molar refractivity (Wildman–Crippen MR) is 67.7 cm³/mol. The summed E-state index contributed by atoms with van der Waals surface area (Å²) < 4.78 is 13.8. The Hall–Kier alpha value is -1.91. The lowest BCUT2D eigenvalue weighted by atomic mass is 9.93. The van der Waals surface area contributed by atoms with Crippen LogP contribution in [0.2, 0.25) is 0 Å². The summed E-state index contributed by atoms with van der Waals surface area (Å²) in [6.45, 7) is 5.31. The van der Waals surface area contributed by atoms with Gasteiger partial charge in [-0.05, 0) is 30.0 Å². The fraction of sp³-hybridized carbons (Fsp3) is 0.429. The lowest BCUT2D eigenvalue weighted by Crippen LogP contribution is -2.31. The molecule has 0 aromatic heterocycles. The maximum atomic E-state index is 13.8. The lowest BCUT2D eigenvalue weighted by Gasteiger charge is -2.20. The zero-order valence-electron chi connectivity index (χ0n) is 10.9. The summed E-state index contributed by atoms with van der Waals surface area (Å²) >= 11 is 0. The third-order valence-corrected chi connectivity index (χ3v) is 3.41. The van der Waals surface area contributed by atoms with Crippen LogP contribution in [0.15, 0.2) is 18.2 Å².